The highest BCUT2D eigenvalue weighted by atomic mass is 16.6. The lowest BCUT2D eigenvalue weighted by Gasteiger charge is -2.32. The average Bonchev–Trinajstić information content (AvgIpc) is 3.59. The number of hydrogen-bond acceptors (Lipinski definition) is 8. The number of carbonyl (C=O) groups excluding carboxylic acids is 2. The van der Waals surface area contributed by atoms with Crippen molar-refractivity contribution in [2.75, 3.05) is 0 Å². The van der Waals surface area contributed by atoms with E-state index in [1.165, 1.54) is 6.92 Å². The van der Waals surface area contributed by atoms with Gasteiger partial charge in [0.05, 0.1) is 23.9 Å². The average molecular weight is 551 g/mol. The fourth-order valence-corrected chi connectivity index (χ4v) is 5.15. The maximum Gasteiger partial charge on any atom is 0.306 e. The van der Waals surface area contributed by atoms with Crippen molar-refractivity contribution in [3.8, 4) is 0 Å². The van der Waals surface area contributed by atoms with Crippen LogP contribution in [-0.2, 0) is 23.8 Å². The standard InChI is InChI=1S/C31H50O8/c1-9-24(33)22(5)29-25(38-29)18-30(7,35)15-10-11-20(3)28-21(4)12-13-26(37-23(6)32)31(8,36)16-14-19(2)17-27(34)39-28/h10-13,15,19,21-22,24-26,28-29,33,35-36H,9,14,16-18H2,1-8H3/b13-12+,15-10+,20-11+/t19-,21+,22-,24+,25+,26+,28-,29-,30+,31-/m1/s1. The molecule has 2 heterocycles. The summed E-state index contributed by atoms with van der Waals surface area (Å²) in [5.41, 5.74) is -1.60. The van der Waals surface area contributed by atoms with E-state index in [0.717, 1.165) is 5.57 Å². The summed E-state index contributed by atoms with van der Waals surface area (Å²) in [7, 11) is 0. The van der Waals surface area contributed by atoms with Crippen molar-refractivity contribution >= 4 is 11.9 Å². The van der Waals surface area contributed by atoms with Gasteiger partial charge in [-0.2, -0.15) is 0 Å². The molecule has 0 aromatic carbocycles. The Morgan fingerprint density at radius 1 is 1.31 bits per heavy atom. The first-order valence-corrected chi connectivity index (χ1v) is 14.3. The third-order valence-electron chi connectivity index (χ3n) is 7.93. The highest BCUT2D eigenvalue weighted by Gasteiger charge is 2.47. The molecular weight excluding hydrogens is 500 g/mol. The van der Waals surface area contributed by atoms with Gasteiger partial charge in [0.25, 0.3) is 0 Å². The SMILES string of the molecule is CC[C@H](O)[C@@H](C)[C@H]1O[C@H]1C[C@@](C)(O)/C=C/C=C(\C)[C@H]1OC(=O)C[C@H](C)CC[C@@](C)(O)[C@@H](OC(C)=O)/C=C/[C@@H]1C. The Hall–Kier alpha value is -2.00. The maximum absolute atomic E-state index is 12.8. The molecule has 0 amide bonds. The first kappa shape index (κ1) is 33.2. The Morgan fingerprint density at radius 2 is 1.97 bits per heavy atom. The van der Waals surface area contributed by atoms with Gasteiger partial charge in [-0.3, -0.25) is 9.59 Å². The topological polar surface area (TPSA) is 126 Å². The fraction of sp³-hybridized carbons (Fsp3) is 0.742. The molecule has 0 aliphatic carbocycles. The second-order valence-electron chi connectivity index (χ2n) is 12.2. The molecule has 8 heteroatoms. The smallest absolute Gasteiger partial charge is 0.306 e. The van der Waals surface area contributed by atoms with E-state index in [9.17, 15) is 24.9 Å². The molecule has 222 valence electrons. The van der Waals surface area contributed by atoms with Gasteiger partial charge in [-0.05, 0) is 57.6 Å². The van der Waals surface area contributed by atoms with E-state index in [4.69, 9.17) is 14.2 Å². The number of ether oxygens (including phenoxy) is 3. The first-order chi connectivity index (χ1) is 18.1. The molecule has 0 bridgehead atoms. The van der Waals surface area contributed by atoms with Gasteiger partial charge < -0.3 is 29.5 Å². The number of aliphatic hydroxyl groups is 3. The van der Waals surface area contributed by atoms with E-state index in [-0.39, 0.29) is 42.4 Å². The summed E-state index contributed by atoms with van der Waals surface area (Å²) in [6, 6.07) is 0. The molecule has 2 aliphatic heterocycles. The molecule has 0 saturated carbocycles. The van der Waals surface area contributed by atoms with Crippen LogP contribution in [0.25, 0.3) is 0 Å². The largest absolute Gasteiger partial charge is 0.457 e. The lowest BCUT2D eigenvalue weighted by molar-refractivity contribution is -0.156. The zero-order valence-electron chi connectivity index (χ0n) is 24.9. The van der Waals surface area contributed by atoms with Crippen molar-refractivity contribution in [2.45, 2.75) is 129 Å². The Labute approximate surface area is 234 Å². The maximum atomic E-state index is 12.8. The van der Waals surface area contributed by atoms with Crippen LogP contribution in [0.3, 0.4) is 0 Å². The lowest BCUT2D eigenvalue weighted by Crippen LogP contribution is -2.41. The summed E-state index contributed by atoms with van der Waals surface area (Å²) in [5, 5.41) is 32.0. The van der Waals surface area contributed by atoms with Crippen molar-refractivity contribution in [1.29, 1.82) is 0 Å². The summed E-state index contributed by atoms with van der Waals surface area (Å²) in [5.74, 6) is -1.06. The minimum Gasteiger partial charge on any atom is -0.457 e. The van der Waals surface area contributed by atoms with Crippen LogP contribution in [0.4, 0.5) is 0 Å². The second-order valence-corrected chi connectivity index (χ2v) is 12.2. The van der Waals surface area contributed by atoms with Crippen molar-refractivity contribution in [1.82, 2.24) is 0 Å². The minimum absolute atomic E-state index is 0.0131. The summed E-state index contributed by atoms with van der Waals surface area (Å²) >= 11 is 0. The summed E-state index contributed by atoms with van der Waals surface area (Å²) in [4.78, 5) is 24.5. The number of rotatable bonds is 9. The number of allylic oxidation sites excluding steroid dienone is 2. The van der Waals surface area contributed by atoms with Gasteiger partial charge in [0.15, 0.2) is 0 Å². The molecule has 2 aliphatic rings. The fourth-order valence-electron chi connectivity index (χ4n) is 5.15. The van der Waals surface area contributed by atoms with Crippen molar-refractivity contribution in [2.24, 2.45) is 17.8 Å². The number of esters is 2. The van der Waals surface area contributed by atoms with Crippen molar-refractivity contribution in [3.05, 3.63) is 36.0 Å². The molecule has 0 spiro atoms. The molecule has 1 saturated heterocycles. The number of hydrogen-bond donors (Lipinski definition) is 3. The van der Waals surface area contributed by atoms with Crippen LogP contribution in [0.1, 0.15) is 87.5 Å². The Kier molecular flexibility index (Phi) is 12.0. The molecule has 0 aromatic rings. The first-order valence-electron chi connectivity index (χ1n) is 14.3. The van der Waals surface area contributed by atoms with Gasteiger partial charge in [0.1, 0.15) is 17.8 Å². The third kappa shape index (κ3) is 10.5. The van der Waals surface area contributed by atoms with E-state index in [1.807, 2.05) is 40.7 Å². The summed E-state index contributed by atoms with van der Waals surface area (Å²) < 4.78 is 17.1. The van der Waals surface area contributed by atoms with Crippen molar-refractivity contribution < 1.29 is 39.1 Å². The second kappa shape index (κ2) is 14.1. The number of cyclic esters (lactones) is 1. The van der Waals surface area contributed by atoms with Crippen LogP contribution in [0.15, 0.2) is 36.0 Å². The molecule has 10 atom stereocenters. The van der Waals surface area contributed by atoms with E-state index < -0.39 is 35.5 Å². The molecule has 0 radical (unpaired) electrons. The molecular formula is C31H50O8. The van der Waals surface area contributed by atoms with E-state index in [1.54, 1.807) is 38.2 Å². The van der Waals surface area contributed by atoms with Gasteiger partial charge in [0.2, 0.25) is 0 Å². The summed E-state index contributed by atoms with van der Waals surface area (Å²) in [6.07, 6.45) is 9.00. The molecule has 3 N–H and O–H groups in total. The molecule has 0 aromatic heterocycles. The lowest BCUT2D eigenvalue weighted by atomic mass is 9.87. The van der Waals surface area contributed by atoms with E-state index in [2.05, 4.69) is 0 Å². The summed E-state index contributed by atoms with van der Waals surface area (Å²) in [6.45, 7) is 14.3. The number of carbonyl (C=O) groups is 2. The van der Waals surface area contributed by atoms with Crippen LogP contribution < -0.4 is 0 Å². The van der Waals surface area contributed by atoms with Crippen LogP contribution in [0.5, 0.6) is 0 Å². The van der Waals surface area contributed by atoms with Gasteiger partial charge in [-0.15, -0.1) is 0 Å². The van der Waals surface area contributed by atoms with E-state index >= 15 is 0 Å². The molecule has 39 heavy (non-hydrogen) atoms. The molecule has 2 rings (SSSR count). The molecule has 8 nitrogen and oxygen atoms in total. The molecule has 0 unspecified atom stereocenters. The number of epoxide rings is 1. The van der Waals surface area contributed by atoms with Gasteiger partial charge in [-0.25, -0.2) is 0 Å². The zero-order valence-corrected chi connectivity index (χ0v) is 24.9. The monoisotopic (exact) mass is 550 g/mol. The Bertz CT molecular complexity index is 918. The Morgan fingerprint density at radius 3 is 2.59 bits per heavy atom. The van der Waals surface area contributed by atoms with Crippen LogP contribution in [0.2, 0.25) is 0 Å². The minimum atomic E-state index is -1.27. The predicted molar refractivity (Wildman–Crippen MR) is 150 cm³/mol. The number of aliphatic hydroxyl groups excluding tert-OH is 1. The molecule has 1 fully saturated rings. The van der Waals surface area contributed by atoms with Gasteiger partial charge in [-0.1, -0.05) is 52.0 Å². The van der Waals surface area contributed by atoms with Gasteiger partial charge in [0, 0.05) is 31.6 Å². The van der Waals surface area contributed by atoms with Gasteiger partial charge >= 0.3 is 11.9 Å². The third-order valence-corrected chi connectivity index (χ3v) is 7.93. The van der Waals surface area contributed by atoms with E-state index in [0.29, 0.717) is 25.7 Å². The van der Waals surface area contributed by atoms with Crippen LogP contribution in [-0.4, -0.2) is 69.0 Å². The highest BCUT2D eigenvalue weighted by molar-refractivity contribution is 5.70. The zero-order chi connectivity index (χ0) is 29.5. The quantitative estimate of drug-likeness (QED) is 0.167. The normalized spacial score (nSPS) is 36.6. The van der Waals surface area contributed by atoms with Crippen LogP contribution in [0, 0.1) is 17.8 Å². The Balaban J connectivity index is 2.18. The van der Waals surface area contributed by atoms with Crippen LogP contribution >= 0.6 is 0 Å². The predicted octanol–water partition coefficient (Wildman–Crippen LogP) is 4.41. The van der Waals surface area contributed by atoms with Crippen molar-refractivity contribution in [3.63, 3.8) is 0 Å². The highest BCUT2D eigenvalue weighted by Crippen LogP contribution is 2.37.